The van der Waals surface area contributed by atoms with Gasteiger partial charge in [-0.2, -0.15) is 0 Å². The Balaban J connectivity index is 1.32. The first-order valence-corrected chi connectivity index (χ1v) is 11.6. The zero-order valence-corrected chi connectivity index (χ0v) is 19.9. The van der Waals surface area contributed by atoms with Crippen molar-refractivity contribution in [2.45, 2.75) is 0 Å². The first-order valence-electron chi connectivity index (χ1n) is 11.6. The van der Waals surface area contributed by atoms with E-state index in [2.05, 4.69) is 0 Å². The minimum atomic E-state index is -0.529. The zero-order chi connectivity index (χ0) is 27.3. The number of fused-ring (bicyclic) bond motifs is 2. The number of hydrogen-bond donors (Lipinski definition) is 4. The standard InChI is InChI=1S/C30H18O9/c31-17-4-7-20-25(11-17)37-13-21(29(20)35)15-1-5-19(6-2-15)39-26-9-16(3-8-23(26)33)22-14-38-27-12-18(32)10-24(34)28(27)30(22)36/h1-14,31-34H. The van der Waals surface area contributed by atoms with E-state index in [9.17, 15) is 30.0 Å². The monoisotopic (exact) mass is 522 g/mol. The van der Waals surface area contributed by atoms with Gasteiger partial charge in [0.05, 0.1) is 16.5 Å². The molecule has 0 aliphatic carbocycles. The van der Waals surface area contributed by atoms with Crippen LogP contribution in [0.3, 0.4) is 0 Å². The summed E-state index contributed by atoms with van der Waals surface area (Å²) in [4.78, 5) is 26.0. The largest absolute Gasteiger partial charge is 0.508 e. The lowest BCUT2D eigenvalue weighted by Crippen LogP contribution is -2.05. The molecule has 9 heteroatoms. The van der Waals surface area contributed by atoms with Crippen LogP contribution in [0.1, 0.15) is 0 Å². The molecule has 0 atom stereocenters. The highest BCUT2D eigenvalue weighted by Gasteiger charge is 2.16. The maximum absolute atomic E-state index is 13.1. The number of aromatic hydroxyl groups is 4. The van der Waals surface area contributed by atoms with E-state index in [1.165, 1.54) is 55.0 Å². The van der Waals surface area contributed by atoms with Crippen molar-refractivity contribution in [1.82, 2.24) is 0 Å². The van der Waals surface area contributed by atoms with E-state index >= 15 is 0 Å². The molecule has 0 aliphatic heterocycles. The number of hydrogen-bond acceptors (Lipinski definition) is 9. The van der Waals surface area contributed by atoms with Crippen LogP contribution in [0.25, 0.3) is 44.2 Å². The summed E-state index contributed by atoms with van der Waals surface area (Å²) in [7, 11) is 0. The van der Waals surface area contributed by atoms with Crippen LogP contribution in [0.5, 0.6) is 34.5 Å². The summed E-state index contributed by atoms with van der Waals surface area (Å²) in [6.07, 6.45) is 2.52. The van der Waals surface area contributed by atoms with Crippen molar-refractivity contribution in [1.29, 1.82) is 0 Å². The zero-order valence-electron chi connectivity index (χ0n) is 19.9. The fourth-order valence-corrected chi connectivity index (χ4v) is 4.33. The molecular formula is C30H18O9. The average Bonchev–Trinajstić information content (AvgIpc) is 2.90. The maximum atomic E-state index is 13.1. The second kappa shape index (κ2) is 9.00. The molecule has 0 radical (unpaired) electrons. The molecule has 0 spiro atoms. The van der Waals surface area contributed by atoms with Gasteiger partial charge in [0, 0.05) is 18.2 Å². The second-order valence-electron chi connectivity index (χ2n) is 8.78. The Bertz CT molecular complexity index is 2020. The van der Waals surface area contributed by atoms with Crippen molar-refractivity contribution in [3.8, 4) is 56.8 Å². The minimum Gasteiger partial charge on any atom is -0.508 e. The molecule has 2 heterocycles. The molecule has 6 rings (SSSR count). The normalized spacial score (nSPS) is 11.2. The Morgan fingerprint density at radius 2 is 1.26 bits per heavy atom. The van der Waals surface area contributed by atoms with Crippen molar-refractivity contribution >= 4 is 21.9 Å². The summed E-state index contributed by atoms with van der Waals surface area (Å²) < 4.78 is 16.8. The van der Waals surface area contributed by atoms with Crippen molar-refractivity contribution in [3.63, 3.8) is 0 Å². The fraction of sp³-hybridized carbons (Fsp3) is 0. The SMILES string of the molecule is O=c1c(-c2ccc(Oc3cc(-c4coc5cc(O)cc(O)c5c4=O)ccc3O)cc2)coc2cc(O)ccc12. The lowest BCUT2D eigenvalue weighted by atomic mass is 10.0. The molecule has 6 aromatic rings. The summed E-state index contributed by atoms with van der Waals surface area (Å²) in [5.41, 5.74) is 0.878. The average molecular weight is 522 g/mol. The third-order valence-corrected chi connectivity index (χ3v) is 6.26. The Morgan fingerprint density at radius 3 is 2.03 bits per heavy atom. The Hall–Kier alpha value is -5.70. The maximum Gasteiger partial charge on any atom is 0.204 e. The lowest BCUT2D eigenvalue weighted by Gasteiger charge is -2.11. The number of benzene rings is 4. The Labute approximate surface area is 218 Å². The number of rotatable bonds is 4. The van der Waals surface area contributed by atoms with Crippen LogP contribution < -0.4 is 15.6 Å². The molecular weight excluding hydrogens is 504 g/mol. The number of ether oxygens (including phenoxy) is 1. The number of phenols is 4. The molecule has 4 N–H and O–H groups in total. The van der Waals surface area contributed by atoms with E-state index in [0.29, 0.717) is 27.8 Å². The summed E-state index contributed by atoms with van der Waals surface area (Å²) in [6.45, 7) is 0. The van der Waals surface area contributed by atoms with Crippen LogP contribution in [0.2, 0.25) is 0 Å². The van der Waals surface area contributed by atoms with E-state index in [1.807, 2.05) is 0 Å². The third kappa shape index (κ3) is 4.17. The molecule has 0 saturated heterocycles. The van der Waals surface area contributed by atoms with Gasteiger partial charge in [0.25, 0.3) is 0 Å². The lowest BCUT2D eigenvalue weighted by molar-refractivity contribution is 0.411. The van der Waals surface area contributed by atoms with Gasteiger partial charge in [-0.1, -0.05) is 18.2 Å². The molecule has 192 valence electrons. The summed E-state index contributed by atoms with van der Waals surface area (Å²) in [5.74, 6) is -0.454. The van der Waals surface area contributed by atoms with Crippen molar-refractivity contribution < 1.29 is 34.0 Å². The molecule has 0 aliphatic rings. The van der Waals surface area contributed by atoms with E-state index in [1.54, 1.807) is 24.3 Å². The van der Waals surface area contributed by atoms with E-state index in [-0.39, 0.29) is 50.5 Å². The van der Waals surface area contributed by atoms with Crippen LogP contribution in [0, 0.1) is 0 Å². The van der Waals surface area contributed by atoms with Gasteiger partial charge in [-0.15, -0.1) is 0 Å². The molecule has 2 aromatic heterocycles. The summed E-state index contributed by atoms with van der Waals surface area (Å²) in [5, 5.41) is 40.0. The van der Waals surface area contributed by atoms with Crippen LogP contribution in [0.15, 0.2) is 104 Å². The van der Waals surface area contributed by atoms with Gasteiger partial charge in [-0.05, 0) is 47.5 Å². The van der Waals surface area contributed by atoms with Crippen molar-refractivity contribution in [2.75, 3.05) is 0 Å². The van der Waals surface area contributed by atoms with Crippen molar-refractivity contribution in [3.05, 3.63) is 106 Å². The highest BCUT2D eigenvalue weighted by atomic mass is 16.5. The predicted molar refractivity (Wildman–Crippen MR) is 143 cm³/mol. The van der Waals surface area contributed by atoms with E-state index in [0.717, 1.165) is 6.07 Å². The van der Waals surface area contributed by atoms with Gasteiger partial charge in [0.2, 0.25) is 5.43 Å². The first kappa shape index (κ1) is 23.7. The van der Waals surface area contributed by atoms with Gasteiger partial charge < -0.3 is 34.0 Å². The highest BCUT2D eigenvalue weighted by molar-refractivity contribution is 5.88. The Kier molecular flexibility index (Phi) is 5.46. The molecule has 0 saturated carbocycles. The smallest absolute Gasteiger partial charge is 0.204 e. The van der Waals surface area contributed by atoms with Gasteiger partial charge in [0.15, 0.2) is 16.9 Å². The summed E-state index contributed by atoms with van der Waals surface area (Å²) >= 11 is 0. The molecule has 9 nitrogen and oxygen atoms in total. The molecule has 0 fully saturated rings. The van der Waals surface area contributed by atoms with Crippen LogP contribution in [-0.4, -0.2) is 20.4 Å². The highest BCUT2D eigenvalue weighted by Crippen LogP contribution is 2.36. The molecule has 0 amide bonds. The molecule has 39 heavy (non-hydrogen) atoms. The molecule has 4 aromatic carbocycles. The Morgan fingerprint density at radius 1 is 0.590 bits per heavy atom. The van der Waals surface area contributed by atoms with E-state index < -0.39 is 11.2 Å². The van der Waals surface area contributed by atoms with Crippen LogP contribution >= 0.6 is 0 Å². The molecule has 0 unspecified atom stereocenters. The minimum absolute atomic E-state index is 0.00727. The van der Waals surface area contributed by atoms with Gasteiger partial charge in [0.1, 0.15) is 52.1 Å². The van der Waals surface area contributed by atoms with Crippen LogP contribution in [-0.2, 0) is 0 Å². The van der Waals surface area contributed by atoms with Gasteiger partial charge in [-0.25, -0.2) is 0 Å². The number of phenolic OH excluding ortho intramolecular Hbond substituents is 4. The second-order valence-corrected chi connectivity index (χ2v) is 8.78. The summed E-state index contributed by atoms with van der Waals surface area (Å²) in [6, 6.07) is 17.4. The topological polar surface area (TPSA) is 151 Å². The predicted octanol–water partition coefficient (Wildman–Crippen LogP) is 5.85. The fourth-order valence-electron chi connectivity index (χ4n) is 4.33. The quantitative estimate of drug-likeness (QED) is 0.224. The molecule has 0 bridgehead atoms. The first-order chi connectivity index (χ1) is 18.8. The third-order valence-electron chi connectivity index (χ3n) is 6.26. The van der Waals surface area contributed by atoms with Crippen molar-refractivity contribution in [2.24, 2.45) is 0 Å². The van der Waals surface area contributed by atoms with Crippen LogP contribution in [0.4, 0.5) is 0 Å². The van der Waals surface area contributed by atoms with Gasteiger partial charge in [-0.3, -0.25) is 9.59 Å². The van der Waals surface area contributed by atoms with E-state index in [4.69, 9.17) is 13.6 Å². The van der Waals surface area contributed by atoms with Gasteiger partial charge >= 0.3 is 0 Å².